The van der Waals surface area contributed by atoms with Crippen LogP contribution in [0.3, 0.4) is 0 Å². The van der Waals surface area contributed by atoms with E-state index in [4.69, 9.17) is 23.2 Å². The smallest absolute Gasteiger partial charge is 0.285 e. The molecule has 0 radical (unpaired) electrons. The third kappa shape index (κ3) is 2.10. The zero-order valence-corrected chi connectivity index (χ0v) is 9.90. The average molecular weight is 259 g/mol. The molecule has 0 N–H and O–H groups in total. The molecule has 2 aromatic rings. The Hall–Kier alpha value is -1.33. The number of hydrogen-bond acceptors (Lipinski definition) is 3. The van der Waals surface area contributed by atoms with Crippen molar-refractivity contribution in [1.29, 1.82) is 0 Å². The number of pyridine rings is 1. The van der Waals surface area contributed by atoms with Gasteiger partial charge in [-0.1, -0.05) is 29.3 Å². The first-order chi connectivity index (χ1) is 7.58. The Bertz CT molecular complexity index is 575. The second kappa shape index (κ2) is 4.27. The van der Waals surface area contributed by atoms with Crippen LogP contribution in [0.1, 0.15) is 5.56 Å². The fraction of sp³-hybridized carbons (Fsp3) is 0.222. The third-order valence-electron chi connectivity index (χ3n) is 2.10. The molecule has 84 valence electrons. The van der Waals surface area contributed by atoms with Crippen molar-refractivity contribution in [2.75, 3.05) is 0 Å². The first-order valence-corrected chi connectivity index (χ1v) is 5.23. The lowest BCUT2D eigenvalue weighted by Crippen LogP contribution is -2.23. The van der Waals surface area contributed by atoms with Gasteiger partial charge in [0.15, 0.2) is 0 Å². The second-order valence-electron chi connectivity index (χ2n) is 3.27. The Balaban J connectivity index is 2.34. The van der Waals surface area contributed by atoms with Crippen LogP contribution in [0.4, 0.5) is 0 Å². The molecule has 0 amide bonds. The van der Waals surface area contributed by atoms with Crippen molar-refractivity contribution >= 4 is 23.2 Å². The molecule has 0 fully saturated rings. The summed E-state index contributed by atoms with van der Waals surface area (Å²) >= 11 is 11.6. The number of aromatic nitrogens is 4. The van der Waals surface area contributed by atoms with E-state index in [1.54, 1.807) is 19.2 Å². The summed E-state index contributed by atoms with van der Waals surface area (Å²) in [5, 5.41) is 4.53. The van der Waals surface area contributed by atoms with Crippen LogP contribution in [0.25, 0.3) is 0 Å². The highest BCUT2D eigenvalue weighted by Gasteiger charge is 2.07. The molecule has 2 heterocycles. The van der Waals surface area contributed by atoms with Gasteiger partial charge in [-0.15, -0.1) is 0 Å². The molecule has 7 heteroatoms. The second-order valence-corrected chi connectivity index (χ2v) is 4.01. The Kier molecular flexibility index (Phi) is 2.98. The van der Waals surface area contributed by atoms with Gasteiger partial charge in [0.25, 0.3) is 0 Å². The molecular formula is C9H8Cl2N4O. The van der Waals surface area contributed by atoms with E-state index < -0.39 is 0 Å². The molecule has 0 saturated heterocycles. The molecule has 5 nitrogen and oxygen atoms in total. The molecular weight excluding hydrogens is 251 g/mol. The van der Waals surface area contributed by atoms with Gasteiger partial charge in [0.2, 0.25) is 0 Å². The van der Waals surface area contributed by atoms with Crippen molar-refractivity contribution in [2.45, 2.75) is 6.54 Å². The number of aryl methyl sites for hydroxylation is 1. The van der Waals surface area contributed by atoms with E-state index in [-0.39, 0.29) is 17.4 Å². The summed E-state index contributed by atoms with van der Waals surface area (Å²) in [5.74, 6) is 0. The van der Waals surface area contributed by atoms with Gasteiger partial charge in [-0.05, 0) is 6.07 Å². The minimum Gasteiger partial charge on any atom is -0.285 e. The Morgan fingerprint density at radius 1 is 1.38 bits per heavy atom. The van der Waals surface area contributed by atoms with Crippen LogP contribution >= 0.6 is 23.2 Å². The summed E-state index contributed by atoms with van der Waals surface area (Å²) in [4.78, 5) is 15.4. The van der Waals surface area contributed by atoms with Crippen LogP contribution in [0, 0.1) is 0 Å². The van der Waals surface area contributed by atoms with Gasteiger partial charge in [0.05, 0.1) is 6.54 Å². The zero-order valence-electron chi connectivity index (χ0n) is 8.39. The van der Waals surface area contributed by atoms with Crippen LogP contribution in [0.5, 0.6) is 0 Å². The minimum atomic E-state index is -0.203. The predicted molar refractivity (Wildman–Crippen MR) is 60.8 cm³/mol. The predicted octanol–water partition coefficient (Wildman–Crippen LogP) is 1.33. The lowest BCUT2D eigenvalue weighted by atomic mass is 10.3. The number of halogens is 2. The quantitative estimate of drug-likeness (QED) is 0.764. The standard InChI is InChI=1S/C9H8Cl2N4O/c1-14-5-12-15(9(14)16)4-6-2-3-7(10)13-8(6)11/h2-3,5H,4H2,1H3. The summed E-state index contributed by atoms with van der Waals surface area (Å²) in [6, 6.07) is 3.34. The van der Waals surface area contributed by atoms with Gasteiger partial charge in [-0.3, -0.25) is 4.57 Å². The van der Waals surface area contributed by atoms with Gasteiger partial charge >= 0.3 is 5.69 Å². The number of nitrogens with zero attached hydrogens (tertiary/aromatic N) is 4. The maximum absolute atomic E-state index is 11.5. The Morgan fingerprint density at radius 2 is 2.12 bits per heavy atom. The van der Waals surface area contributed by atoms with E-state index in [0.29, 0.717) is 10.7 Å². The molecule has 0 bridgehead atoms. The molecule has 0 aliphatic carbocycles. The summed E-state index contributed by atoms with van der Waals surface area (Å²) in [7, 11) is 1.63. The van der Waals surface area contributed by atoms with Crippen molar-refractivity contribution in [3.05, 3.63) is 44.8 Å². The lowest BCUT2D eigenvalue weighted by molar-refractivity contribution is 0.645. The van der Waals surface area contributed by atoms with Gasteiger partial charge < -0.3 is 0 Å². The molecule has 0 unspecified atom stereocenters. The Labute approximate surface area is 101 Å². The molecule has 0 spiro atoms. The van der Waals surface area contributed by atoms with Gasteiger partial charge in [0, 0.05) is 12.6 Å². The van der Waals surface area contributed by atoms with Crippen LogP contribution in [-0.2, 0) is 13.6 Å². The molecule has 0 aliphatic heterocycles. The van der Waals surface area contributed by atoms with E-state index in [1.807, 2.05) is 0 Å². The topological polar surface area (TPSA) is 52.7 Å². The molecule has 0 aliphatic rings. The summed E-state index contributed by atoms with van der Waals surface area (Å²) < 4.78 is 2.69. The summed E-state index contributed by atoms with van der Waals surface area (Å²) in [6.07, 6.45) is 1.44. The van der Waals surface area contributed by atoms with Crippen molar-refractivity contribution < 1.29 is 0 Å². The van der Waals surface area contributed by atoms with Crippen molar-refractivity contribution in [1.82, 2.24) is 19.3 Å². The molecule has 2 aromatic heterocycles. The molecule has 16 heavy (non-hydrogen) atoms. The fourth-order valence-electron chi connectivity index (χ4n) is 1.25. The highest BCUT2D eigenvalue weighted by Crippen LogP contribution is 2.16. The third-order valence-corrected chi connectivity index (χ3v) is 2.64. The monoisotopic (exact) mass is 258 g/mol. The first-order valence-electron chi connectivity index (χ1n) is 4.47. The van der Waals surface area contributed by atoms with Crippen LogP contribution in [0.15, 0.2) is 23.3 Å². The van der Waals surface area contributed by atoms with Crippen LogP contribution in [0.2, 0.25) is 10.3 Å². The molecule has 0 saturated carbocycles. The van der Waals surface area contributed by atoms with E-state index >= 15 is 0 Å². The van der Waals surface area contributed by atoms with Gasteiger partial charge in [0.1, 0.15) is 16.6 Å². The summed E-state index contributed by atoms with van der Waals surface area (Å²) in [6.45, 7) is 0.280. The van der Waals surface area contributed by atoms with E-state index in [1.165, 1.54) is 15.6 Å². The Morgan fingerprint density at radius 3 is 2.69 bits per heavy atom. The van der Waals surface area contributed by atoms with Crippen LogP contribution < -0.4 is 5.69 Å². The van der Waals surface area contributed by atoms with E-state index in [2.05, 4.69) is 10.1 Å². The van der Waals surface area contributed by atoms with Gasteiger partial charge in [-0.25, -0.2) is 14.5 Å². The van der Waals surface area contributed by atoms with Crippen molar-refractivity contribution in [3.8, 4) is 0 Å². The molecule has 0 aromatic carbocycles. The average Bonchev–Trinajstić information content (AvgIpc) is 2.54. The number of rotatable bonds is 2. The largest absolute Gasteiger partial charge is 0.345 e. The molecule has 0 atom stereocenters. The van der Waals surface area contributed by atoms with E-state index in [0.717, 1.165) is 0 Å². The van der Waals surface area contributed by atoms with Crippen molar-refractivity contribution in [3.63, 3.8) is 0 Å². The van der Waals surface area contributed by atoms with Gasteiger partial charge in [-0.2, -0.15) is 5.10 Å². The maximum Gasteiger partial charge on any atom is 0.345 e. The normalized spacial score (nSPS) is 10.7. The first kappa shape index (κ1) is 11.2. The maximum atomic E-state index is 11.5. The van der Waals surface area contributed by atoms with E-state index in [9.17, 15) is 4.79 Å². The fourth-order valence-corrected chi connectivity index (χ4v) is 1.65. The SMILES string of the molecule is Cn1cnn(Cc2ccc(Cl)nc2Cl)c1=O. The molecule has 2 rings (SSSR count). The lowest BCUT2D eigenvalue weighted by Gasteiger charge is -2.02. The van der Waals surface area contributed by atoms with Crippen LogP contribution in [-0.4, -0.2) is 19.3 Å². The number of hydrogen-bond donors (Lipinski definition) is 0. The minimum absolute atomic E-state index is 0.203. The summed E-state index contributed by atoms with van der Waals surface area (Å²) in [5.41, 5.74) is 0.498. The van der Waals surface area contributed by atoms with Crippen molar-refractivity contribution in [2.24, 2.45) is 7.05 Å². The zero-order chi connectivity index (χ0) is 11.7. The highest BCUT2D eigenvalue weighted by atomic mass is 35.5. The highest BCUT2D eigenvalue weighted by molar-refractivity contribution is 6.32.